The van der Waals surface area contributed by atoms with Gasteiger partial charge in [-0.2, -0.15) is 0 Å². The molecule has 0 unspecified atom stereocenters. The fourth-order valence-corrected chi connectivity index (χ4v) is 3.04. The lowest BCUT2D eigenvalue weighted by atomic mass is 10.0. The summed E-state index contributed by atoms with van der Waals surface area (Å²) in [5, 5.41) is 13.5. The molecule has 0 aliphatic carbocycles. The van der Waals surface area contributed by atoms with Crippen molar-refractivity contribution < 1.29 is 14.3 Å². The number of hydrogen-bond donors (Lipinski definition) is 2. The Morgan fingerprint density at radius 2 is 2.04 bits per heavy atom. The standard InChI is InChI=1S/C21H23N3O4/c1-4-14-7-16-15(8-21(27)28-18(16)9-17(14)25)11-24(3)12-20(26)23-19-6-5-13(2)10-22-19/h5-10,25H,4,11-12H2,1-3H3,(H,22,23,26). The Bertz CT molecular complexity index is 1060. The third kappa shape index (κ3) is 4.55. The second kappa shape index (κ2) is 8.22. The summed E-state index contributed by atoms with van der Waals surface area (Å²) in [5.74, 6) is 0.407. The van der Waals surface area contributed by atoms with Crippen LogP contribution in [0.3, 0.4) is 0 Å². The predicted octanol–water partition coefficient (Wildman–Crippen LogP) is 2.83. The van der Waals surface area contributed by atoms with Crippen molar-refractivity contribution in [3.8, 4) is 5.75 Å². The zero-order valence-corrected chi connectivity index (χ0v) is 16.2. The highest BCUT2D eigenvalue weighted by Gasteiger charge is 2.13. The van der Waals surface area contributed by atoms with Gasteiger partial charge in [0.2, 0.25) is 5.91 Å². The number of fused-ring (bicyclic) bond motifs is 1. The van der Waals surface area contributed by atoms with Crippen LogP contribution in [0.5, 0.6) is 5.75 Å². The molecule has 7 nitrogen and oxygen atoms in total. The molecular weight excluding hydrogens is 358 g/mol. The molecule has 1 aromatic carbocycles. The molecule has 2 N–H and O–H groups in total. The van der Waals surface area contributed by atoms with Crippen LogP contribution < -0.4 is 10.9 Å². The number of likely N-dealkylation sites (N-methyl/N-ethyl adjacent to an activating group) is 1. The zero-order valence-electron chi connectivity index (χ0n) is 16.2. The lowest BCUT2D eigenvalue weighted by Crippen LogP contribution is -2.30. The average Bonchev–Trinajstić information content (AvgIpc) is 2.62. The normalized spacial score (nSPS) is 11.1. The number of pyridine rings is 1. The maximum Gasteiger partial charge on any atom is 0.336 e. The van der Waals surface area contributed by atoms with E-state index in [-0.39, 0.29) is 18.2 Å². The van der Waals surface area contributed by atoms with Crippen molar-refractivity contribution in [3.63, 3.8) is 0 Å². The van der Waals surface area contributed by atoms with E-state index in [9.17, 15) is 14.7 Å². The summed E-state index contributed by atoms with van der Waals surface area (Å²) in [4.78, 5) is 30.1. The largest absolute Gasteiger partial charge is 0.508 e. The van der Waals surface area contributed by atoms with E-state index in [4.69, 9.17) is 4.42 Å². The van der Waals surface area contributed by atoms with Crippen LogP contribution in [0.1, 0.15) is 23.6 Å². The van der Waals surface area contributed by atoms with Gasteiger partial charge in [0.25, 0.3) is 0 Å². The highest BCUT2D eigenvalue weighted by Crippen LogP contribution is 2.27. The molecule has 2 heterocycles. The van der Waals surface area contributed by atoms with Crippen molar-refractivity contribution in [2.45, 2.75) is 26.8 Å². The molecule has 3 rings (SSSR count). The first-order valence-corrected chi connectivity index (χ1v) is 9.05. The molecule has 0 saturated carbocycles. The molecule has 3 aromatic rings. The van der Waals surface area contributed by atoms with E-state index < -0.39 is 5.63 Å². The second-order valence-electron chi connectivity index (χ2n) is 6.86. The van der Waals surface area contributed by atoms with E-state index in [1.807, 2.05) is 26.0 Å². The molecule has 7 heteroatoms. The van der Waals surface area contributed by atoms with Gasteiger partial charge in [-0.05, 0) is 49.2 Å². The Morgan fingerprint density at radius 3 is 2.71 bits per heavy atom. The van der Waals surface area contributed by atoms with Crippen molar-refractivity contribution in [2.75, 3.05) is 18.9 Å². The van der Waals surface area contributed by atoms with Crippen LogP contribution in [0.2, 0.25) is 0 Å². The van der Waals surface area contributed by atoms with Crippen molar-refractivity contribution in [3.05, 3.63) is 63.6 Å². The van der Waals surface area contributed by atoms with Crippen LogP contribution in [-0.4, -0.2) is 34.5 Å². The van der Waals surface area contributed by atoms with E-state index in [0.29, 0.717) is 24.4 Å². The fourth-order valence-electron chi connectivity index (χ4n) is 3.04. The summed E-state index contributed by atoms with van der Waals surface area (Å²) in [6, 6.07) is 8.35. The number of nitrogens with one attached hydrogen (secondary N) is 1. The number of amides is 1. The molecule has 0 fully saturated rings. The molecule has 0 aliphatic heterocycles. The number of nitrogens with zero attached hydrogens (tertiary/aromatic N) is 2. The number of aromatic hydroxyl groups is 1. The molecule has 0 spiro atoms. The summed E-state index contributed by atoms with van der Waals surface area (Å²) in [7, 11) is 1.80. The maximum atomic E-state index is 12.3. The summed E-state index contributed by atoms with van der Waals surface area (Å²) in [6.07, 6.45) is 2.34. The topological polar surface area (TPSA) is 95.7 Å². The second-order valence-corrected chi connectivity index (χ2v) is 6.86. The molecule has 0 radical (unpaired) electrons. The number of carbonyl (C=O) groups is 1. The van der Waals surface area contributed by atoms with Crippen LogP contribution in [0, 0.1) is 6.92 Å². The minimum Gasteiger partial charge on any atom is -0.508 e. The van der Waals surface area contributed by atoms with Gasteiger partial charge in [-0.3, -0.25) is 9.69 Å². The highest BCUT2D eigenvalue weighted by molar-refractivity contribution is 5.91. The number of aryl methyl sites for hydroxylation is 2. The van der Waals surface area contributed by atoms with Gasteiger partial charge in [-0.25, -0.2) is 9.78 Å². The van der Waals surface area contributed by atoms with Gasteiger partial charge < -0.3 is 14.8 Å². The highest BCUT2D eigenvalue weighted by atomic mass is 16.4. The van der Waals surface area contributed by atoms with Crippen molar-refractivity contribution in [1.82, 2.24) is 9.88 Å². The quantitative estimate of drug-likeness (QED) is 0.638. The lowest BCUT2D eigenvalue weighted by Gasteiger charge is -2.17. The maximum absolute atomic E-state index is 12.3. The molecule has 28 heavy (non-hydrogen) atoms. The zero-order chi connectivity index (χ0) is 20.3. The van der Waals surface area contributed by atoms with Gasteiger partial charge in [0, 0.05) is 30.3 Å². The van der Waals surface area contributed by atoms with Gasteiger partial charge in [0.1, 0.15) is 17.2 Å². The first-order chi connectivity index (χ1) is 13.4. The third-order valence-corrected chi connectivity index (χ3v) is 4.44. The van der Waals surface area contributed by atoms with Crippen LogP contribution in [-0.2, 0) is 17.8 Å². The summed E-state index contributed by atoms with van der Waals surface area (Å²) in [6.45, 7) is 4.38. The van der Waals surface area contributed by atoms with Crippen LogP contribution in [0.25, 0.3) is 11.0 Å². The number of carbonyl (C=O) groups excluding carboxylic acids is 1. The predicted molar refractivity (Wildman–Crippen MR) is 107 cm³/mol. The van der Waals surface area contributed by atoms with Crippen molar-refractivity contribution in [2.24, 2.45) is 0 Å². The number of phenols is 1. The number of hydrogen-bond acceptors (Lipinski definition) is 6. The van der Waals surface area contributed by atoms with Crippen LogP contribution >= 0.6 is 0 Å². The molecule has 0 bridgehead atoms. The van der Waals surface area contributed by atoms with E-state index in [1.54, 1.807) is 24.2 Å². The SMILES string of the molecule is CCc1cc2c(CN(C)CC(=O)Nc3ccc(C)cn3)cc(=O)oc2cc1O. The van der Waals surface area contributed by atoms with E-state index in [0.717, 1.165) is 22.1 Å². The number of aromatic nitrogens is 1. The minimum atomic E-state index is -0.493. The van der Waals surface area contributed by atoms with Gasteiger partial charge >= 0.3 is 5.63 Å². The molecule has 2 aromatic heterocycles. The average molecular weight is 381 g/mol. The lowest BCUT2D eigenvalue weighted by molar-refractivity contribution is -0.117. The van der Waals surface area contributed by atoms with Crippen molar-refractivity contribution >= 4 is 22.7 Å². The van der Waals surface area contributed by atoms with Crippen LogP contribution in [0.4, 0.5) is 5.82 Å². The Morgan fingerprint density at radius 1 is 1.25 bits per heavy atom. The Kier molecular flexibility index (Phi) is 5.75. The monoisotopic (exact) mass is 381 g/mol. The molecule has 0 atom stereocenters. The first kappa shape index (κ1) is 19.6. The third-order valence-electron chi connectivity index (χ3n) is 4.44. The Labute approximate surface area is 162 Å². The number of benzene rings is 1. The number of rotatable bonds is 6. The van der Waals surface area contributed by atoms with Gasteiger partial charge in [-0.1, -0.05) is 13.0 Å². The van der Waals surface area contributed by atoms with Gasteiger partial charge in [0.15, 0.2) is 0 Å². The Balaban J connectivity index is 1.76. The number of anilines is 1. The van der Waals surface area contributed by atoms with Gasteiger partial charge in [-0.15, -0.1) is 0 Å². The minimum absolute atomic E-state index is 0.105. The molecule has 146 valence electrons. The molecule has 1 amide bonds. The molecular formula is C21H23N3O4. The van der Waals surface area contributed by atoms with Crippen LogP contribution in [0.15, 0.2) is 45.7 Å². The van der Waals surface area contributed by atoms with E-state index in [1.165, 1.54) is 12.1 Å². The molecule has 0 saturated heterocycles. The van der Waals surface area contributed by atoms with E-state index in [2.05, 4.69) is 10.3 Å². The van der Waals surface area contributed by atoms with E-state index >= 15 is 0 Å². The number of phenolic OH excluding ortho intramolecular Hbond substituents is 1. The van der Waals surface area contributed by atoms with Gasteiger partial charge in [0.05, 0.1) is 6.54 Å². The summed E-state index contributed by atoms with van der Waals surface area (Å²) < 4.78 is 5.21. The molecule has 0 aliphatic rings. The summed E-state index contributed by atoms with van der Waals surface area (Å²) >= 11 is 0. The summed E-state index contributed by atoms with van der Waals surface area (Å²) in [5.41, 5.74) is 2.37. The fraction of sp³-hybridized carbons (Fsp3) is 0.286. The smallest absolute Gasteiger partial charge is 0.336 e. The first-order valence-electron chi connectivity index (χ1n) is 9.05. The Hall–Kier alpha value is -3.19. The van der Waals surface area contributed by atoms with Crippen molar-refractivity contribution in [1.29, 1.82) is 0 Å².